The molecular weight excluding hydrogens is 448 g/mol. The van der Waals surface area contributed by atoms with Crippen LogP contribution in [-0.2, 0) is 13.1 Å². The van der Waals surface area contributed by atoms with Crippen LogP contribution in [-0.4, -0.2) is 36.1 Å². The molecule has 1 N–H and O–H groups in total. The molecule has 188 valence electrons. The SMILES string of the molecule is CCC[C@H](c1nnnn1Cc1ccccc1)N(Cc1cc2cc(C)cc(C)c2[nH]c1=O)C1CCCC1. The Morgan fingerprint density at radius 2 is 1.89 bits per heavy atom. The zero-order valence-corrected chi connectivity index (χ0v) is 21.6. The molecule has 0 unspecified atom stereocenters. The number of hydrogen-bond acceptors (Lipinski definition) is 5. The normalized spacial score (nSPS) is 15.2. The number of aromatic amines is 1. The van der Waals surface area contributed by atoms with Gasteiger partial charge in [0.25, 0.3) is 5.56 Å². The van der Waals surface area contributed by atoms with Crippen molar-refractivity contribution in [2.24, 2.45) is 0 Å². The Kier molecular flexibility index (Phi) is 7.28. The third-order valence-corrected chi connectivity index (χ3v) is 7.51. The Hall–Kier alpha value is -3.32. The average molecular weight is 485 g/mol. The van der Waals surface area contributed by atoms with Crippen LogP contribution in [0.1, 0.15) is 79.6 Å². The highest BCUT2D eigenvalue weighted by Crippen LogP contribution is 2.34. The van der Waals surface area contributed by atoms with Gasteiger partial charge in [-0.3, -0.25) is 9.69 Å². The lowest BCUT2D eigenvalue weighted by molar-refractivity contribution is 0.108. The number of tetrazole rings is 1. The van der Waals surface area contributed by atoms with Crippen LogP contribution in [0.4, 0.5) is 0 Å². The van der Waals surface area contributed by atoms with E-state index < -0.39 is 0 Å². The van der Waals surface area contributed by atoms with Gasteiger partial charge in [-0.15, -0.1) is 5.10 Å². The number of H-pyrrole nitrogens is 1. The molecule has 1 aliphatic carbocycles. The van der Waals surface area contributed by atoms with Crippen molar-refractivity contribution in [1.82, 2.24) is 30.1 Å². The molecule has 1 saturated carbocycles. The van der Waals surface area contributed by atoms with Crippen LogP contribution in [0.15, 0.2) is 53.3 Å². The molecule has 0 saturated heterocycles. The molecule has 2 aromatic carbocycles. The minimum atomic E-state index is -0.00317. The van der Waals surface area contributed by atoms with Crippen molar-refractivity contribution in [3.63, 3.8) is 0 Å². The fourth-order valence-electron chi connectivity index (χ4n) is 5.81. The van der Waals surface area contributed by atoms with Crippen LogP contribution >= 0.6 is 0 Å². The molecule has 0 amide bonds. The predicted octanol–water partition coefficient (Wildman–Crippen LogP) is 5.47. The van der Waals surface area contributed by atoms with Gasteiger partial charge in [0.15, 0.2) is 5.82 Å². The van der Waals surface area contributed by atoms with E-state index in [1.54, 1.807) is 0 Å². The quantitative estimate of drug-likeness (QED) is 0.341. The largest absolute Gasteiger partial charge is 0.321 e. The number of aromatic nitrogens is 5. The summed E-state index contributed by atoms with van der Waals surface area (Å²) < 4.78 is 1.94. The first kappa shape index (κ1) is 24.4. The van der Waals surface area contributed by atoms with Crippen molar-refractivity contribution in [3.05, 3.63) is 87.0 Å². The number of benzene rings is 2. The van der Waals surface area contributed by atoms with Gasteiger partial charge in [0.1, 0.15) is 0 Å². The van der Waals surface area contributed by atoms with Gasteiger partial charge in [0.05, 0.1) is 18.1 Å². The predicted molar refractivity (Wildman–Crippen MR) is 143 cm³/mol. The second kappa shape index (κ2) is 10.7. The highest BCUT2D eigenvalue weighted by Gasteiger charge is 2.33. The topological polar surface area (TPSA) is 79.7 Å². The second-order valence-electron chi connectivity index (χ2n) is 10.3. The van der Waals surface area contributed by atoms with Crippen LogP contribution in [0.5, 0.6) is 0 Å². The Labute approximate surface area is 212 Å². The molecule has 7 heteroatoms. The Bertz CT molecular complexity index is 1370. The summed E-state index contributed by atoms with van der Waals surface area (Å²) in [6, 6.07) is 17.2. The minimum Gasteiger partial charge on any atom is -0.321 e. The molecule has 0 bridgehead atoms. The maximum atomic E-state index is 13.3. The summed E-state index contributed by atoms with van der Waals surface area (Å²) in [4.78, 5) is 19.0. The maximum Gasteiger partial charge on any atom is 0.252 e. The maximum absolute atomic E-state index is 13.3. The van der Waals surface area contributed by atoms with Crippen molar-refractivity contribution in [1.29, 1.82) is 0 Å². The number of rotatable bonds is 9. The molecule has 1 atom stereocenters. The lowest BCUT2D eigenvalue weighted by Crippen LogP contribution is -2.39. The van der Waals surface area contributed by atoms with Gasteiger partial charge in [-0.2, -0.15) is 0 Å². The molecule has 0 radical (unpaired) electrons. The molecule has 0 aliphatic heterocycles. The second-order valence-corrected chi connectivity index (χ2v) is 10.3. The monoisotopic (exact) mass is 484 g/mol. The lowest BCUT2D eigenvalue weighted by atomic mass is 10.0. The van der Waals surface area contributed by atoms with Gasteiger partial charge in [-0.05, 0) is 72.2 Å². The highest BCUT2D eigenvalue weighted by atomic mass is 16.1. The number of nitrogens with zero attached hydrogens (tertiary/aromatic N) is 5. The average Bonchev–Trinajstić information content (AvgIpc) is 3.55. The van der Waals surface area contributed by atoms with Gasteiger partial charge in [0, 0.05) is 18.2 Å². The summed E-state index contributed by atoms with van der Waals surface area (Å²) in [5.41, 5.74) is 5.21. The molecule has 1 aliphatic rings. The van der Waals surface area contributed by atoms with Crippen LogP contribution in [0.25, 0.3) is 10.9 Å². The molecular formula is C29H36N6O. The minimum absolute atomic E-state index is 0.00317. The van der Waals surface area contributed by atoms with Crippen LogP contribution < -0.4 is 5.56 Å². The molecule has 36 heavy (non-hydrogen) atoms. The standard InChI is InChI=1S/C29H36N6O/c1-4-10-26(28-31-32-33-35(28)18-22-11-6-5-7-12-22)34(25-13-8-9-14-25)19-24-17-23-16-20(2)15-21(3)27(23)30-29(24)36/h5-7,11-12,15-17,25-26H,4,8-10,13-14,18-19H2,1-3H3,(H,30,36)/t26-/m1/s1. The summed E-state index contributed by atoms with van der Waals surface area (Å²) >= 11 is 0. The zero-order valence-electron chi connectivity index (χ0n) is 21.6. The number of nitrogens with one attached hydrogen (secondary N) is 1. The smallest absolute Gasteiger partial charge is 0.252 e. The van der Waals surface area contributed by atoms with Gasteiger partial charge in [-0.1, -0.05) is 68.1 Å². The number of fused-ring (bicyclic) bond motifs is 1. The van der Waals surface area contributed by atoms with Crippen molar-refractivity contribution >= 4 is 10.9 Å². The number of pyridine rings is 1. The summed E-state index contributed by atoms with van der Waals surface area (Å²) in [6.07, 6.45) is 6.69. The molecule has 7 nitrogen and oxygen atoms in total. The molecule has 2 aromatic heterocycles. The lowest BCUT2D eigenvalue weighted by Gasteiger charge is -2.35. The first-order chi connectivity index (χ1) is 17.5. The van der Waals surface area contributed by atoms with Gasteiger partial charge >= 0.3 is 0 Å². The third-order valence-electron chi connectivity index (χ3n) is 7.51. The zero-order chi connectivity index (χ0) is 25.1. The van der Waals surface area contributed by atoms with Gasteiger partial charge < -0.3 is 4.98 Å². The molecule has 0 spiro atoms. The van der Waals surface area contributed by atoms with Crippen molar-refractivity contribution < 1.29 is 0 Å². The third kappa shape index (κ3) is 5.12. The molecule has 2 heterocycles. The van der Waals surface area contributed by atoms with Gasteiger partial charge in [-0.25, -0.2) is 4.68 Å². The molecule has 1 fully saturated rings. The van der Waals surface area contributed by atoms with E-state index in [2.05, 4.69) is 76.5 Å². The molecule has 4 aromatic rings. The molecule has 5 rings (SSSR count). The van der Waals surface area contributed by atoms with Crippen LogP contribution in [0.2, 0.25) is 0 Å². The van der Waals surface area contributed by atoms with Crippen molar-refractivity contribution in [2.45, 2.75) is 84.5 Å². The highest BCUT2D eigenvalue weighted by molar-refractivity contribution is 5.82. The Morgan fingerprint density at radius 1 is 1.11 bits per heavy atom. The summed E-state index contributed by atoms with van der Waals surface area (Å²) in [5, 5.41) is 14.1. The van der Waals surface area contributed by atoms with E-state index in [4.69, 9.17) is 0 Å². The van der Waals surface area contributed by atoms with Crippen molar-refractivity contribution in [3.8, 4) is 0 Å². The van der Waals surface area contributed by atoms with E-state index in [1.165, 1.54) is 24.0 Å². The van der Waals surface area contributed by atoms with Crippen LogP contribution in [0.3, 0.4) is 0 Å². The first-order valence-electron chi connectivity index (χ1n) is 13.2. The van der Waals surface area contributed by atoms with E-state index in [-0.39, 0.29) is 11.6 Å². The fraction of sp³-hybridized carbons (Fsp3) is 0.448. The summed E-state index contributed by atoms with van der Waals surface area (Å²) in [5.74, 6) is 0.886. The van der Waals surface area contributed by atoms with E-state index in [0.29, 0.717) is 19.1 Å². The van der Waals surface area contributed by atoms with Gasteiger partial charge in [0.2, 0.25) is 0 Å². The fourth-order valence-corrected chi connectivity index (χ4v) is 5.81. The summed E-state index contributed by atoms with van der Waals surface area (Å²) in [6.45, 7) is 7.59. The van der Waals surface area contributed by atoms with E-state index in [1.807, 2.05) is 22.9 Å². The Balaban J connectivity index is 1.53. The van der Waals surface area contributed by atoms with Crippen molar-refractivity contribution in [2.75, 3.05) is 0 Å². The van der Waals surface area contributed by atoms with E-state index in [0.717, 1.165) is 53.5 Å². The number of aryl methyl sites for hydroxylation is 2. The Morgan fingerprint density at radius 3 is 2.64 bits per heavy atom. The van der Waals surface area contributed by atoms with Crippen LogP contribution in [0, 0.1) is 13.8 Å². The first-order valence-corrected chi connectivity index (χ1v) is 13.2. The van der Waals surface area contributed by atoms with E-state index in [9.17, 15) is 4.79 Å². The summed E-state index contributed by atoms with van der Waals surface area (Å²) in [7, 11) is 0. The van der Waals surface area contributed by atoms with E-state index >= 15 is 0 Å². The number of hydrogen-bond donors (Lipinski definition) is 1.